The number of nitrogens with zero attached hydrogens (tertiary/aromatic N) is 2. The molecule has 6 heteroatoms. The smallest absolute Gasteiger partial charge is 0.249 e. The second-order valence-electron chi connectivity index (χ2n) is 3.99. The molecule has 2 N–H and O–H groups in total. The van der Waals surface area contributed by atoms with Gasteiger partial charge in [-0.15, -0.1) is 0 Å². The van der Waals surface area contributed by atoms with Gasteiger partial charge in [0, 0.05) is 16.1 Å². The maximum atomic E-state index is 11.7. The van der Waals surface area contributed by atoms with Crippen LogP contribution in [0.3, 0.4) is 0 Å². The van der Waals surface area contributed by atoms with Crippen LogP contribution in [0.2, 0.25) is 0 Å². The number of benzene rings is 1. The van der Waals surface area contributed by atoms with E-state index in [1.165, 1.54) is 6.07 Å². The third-order valence-electron chi connectivity index (χ3n) is 2.80. The standard InChI is InChI=1S/C13H7BrN4O/c14-8-3-1-2-7(4-8)9-5-11(19)16-13-10(6-15)17-18-12(9)13/h1-5H,(H,16,19)(H,17,18). The highest BCUT2D eigenvalue weighted by Crippen LogP contribution is 2.27. The molecule has 0 atom stereocenters. The van der Waals surface area contributed by atoms with Gasteiger partial charge in [0.15, 0.2) is 5.69 Å². The number of pyridine rings is 1. The van der Waals surface area contributed by atoms with E-state index in [1.54, 1.807) is 0 Å². The highest BCUT2D eigenvalue weighted by molar-refractivity contribution is 9.10. The van der Waals surface area contributed by atoms with E-state index in [4.69, 9.17) is 5.26 Å². The second kappa shape index (κ2) is 4.37. The van der Waals surface area contributed by atoms with Crippen molar-refractivity contribution < 1.29 is 0 Å². The Morgan fingerprint density at radius 1 is 1.26 bits per heavy atom. The predicted molar refractivity (Wildman–Crippen MR) is 74.6 cm³/mol. The zero-order valence-corrected chi connectivity index (χ0v) is 11.2. The zero-order valence-electron chi connectivity index (χ0n) is 9.57. The van der Waals surface area contributed by atoms with E-state index in [2.05, 4.69) is 31.1 Å². The van der Waals surface area contributed by atoms with Crippen molar-refractivity contribution in [2.24, 2.45) is 0 Å². The van der Waals surface area contributed by atoms with Gasteiger partial charge in [-0.05, 0) is 17.7 Å². The molecule has 0 aliphatic heterocycles. The number of halogens is 1. The second-order valence-corrected chi connectivity index (χ2v) is 4.91. The molecule has 0 aliphatic carbocycles. The highest BCUT2D eigenvalue weighted by Gasteiger charge is 2.12. The van der Waals surface area contributed by atoms with Gasteiger partial charge in [-0.1, -0.05) is 28.1 Å². The maximum absolute atomic E-state index is 11.7. The first-order valence-corrected chi connectivity index (χ1v) is 6.26. The van der Waals surface area contributed by atoms with Crippen LogP contribution in [0.4, 0.5) is 0 Å². The van der Waals surface area contributed by atoms with Crippen molar-refractivity contribution in [3.63, 3.8) is 0 Å². The van der Waals surface area contributed by atoms with E-state index in [9.17, 15) is 4.79 Å². The van der Waals surface area contributed by atoms with Crippen molar-refractivity contribution in [1.82, 2.24) is 15.2 Å². The lowest BCUT2D eigenvalue weighted by molar-refractivity contribution is 1.10. The lowest BCUT2D eigenvalue weighted by Crippen LogP contribution is -2.04. The molecule has 0 saturated heterocycles. The third kappa shape index (κ3) is 1.94. The summed E-state index contributed by atoms with van der Waals surface area (Å²) in [5.41, 5.74) is 2.59. The predicted octanol–water partition coefficient (Wildman–Crippen LogP) is 2.55. The molecule has 2 heterocycles. The van der Waals surface area contributed by atoms with Gasteiger partial charge in [0.25, 0.3) is 0 Å². The summed E-state index contributed by atoms with van der Waals surface area (Å²) in [6.07, 6.45) is 0. The lowest BCUT2D eigenvalue weighted by Gasteiger charge is -2.03. The van der Waals surface area contributed by atoms with Crippen LogP contribution < -0.4 is 5.56 Å². The maximum Gasteiger partial charge on any atom is 0.249 e. The topological polar surface area (TPSA) is 85.3 Å². The highest BCUT2D eigenvalue weighted by atomic mass is 79.9. The Morgan fingerprint density at radius 3 is 2.84 bits per heavy atom. The Balaban J connectivity index is 2.39. The minimum Gasteiger partial charge on any atom is -0.318 e. The van der Waals surface area contributed by atoms with Gasteiger partial charge in [0.2, 0.25) is 5.56 Å². The molecule has 3 rings (SSSR count). The number of H-pyrrole nitrogens is 2. The summed E-state index contributed by atoms with van der Waals surface area (Å²) in [5.74, 6) is 0. The lowest BCUT2D eigenvalue weighted by atomic mass is 10.1. The summed E-state index contributed by atoms with van der Waals surface area (Å²) in [5, 5.41) is 15.6. The Kier molecular flexibility index (Phi) is 2.69. The number of rotatable bonds is 1. The first kappa shape index (κ1) is 11.7. The fourth-order valence-electron chi connectivity index (χ4n) is 1.99. The van der Waals surface area contributed by atoms with Crippen molar-refractivity contribution in [3.05, 3.63) is 50.9 Å². The van der Waals surface area contributed by atoms with Crippen LogP contribution in [0.25, 0.3) is 22.2 Å². The van der Waals surface area contributed by atoms with E-state index in [-0.39, 0.29) is 11.3 Å². The number of aromatic amines is 2. The summed E-state index contributed by atoms with van der Waals surface area (Å²) in [7, 11) is 0. The molecule has 0 radical (unpaired) electrons. The van der Waals surface area contributed by atoms with Gasteiger partial charge in [-0.25, -0.2) is 0 Å². The van der Waals surface area contributed by atoms with Crippen LogP contribution in [0, 0.1) is 11.3 Å². The van der Waals surface area contributed by atoms with Crippen molar-refractivity contribution in [2.75, 3.05) is 0 Å². The molecule has 5 nitrogen and oxygen atoms in total. The SMILES string of the molecule is N#Cc1n[nH]c2c(-c3cccc(Br)c3)cc(=O)[nH]c12. The number of fused-ring (bicyclic) bond motifs is 1. The van der Waals surface area contributed by atoms with E-state index in [0.717, 1.165) is 10.0 Å². The molecule has 0 saturated carbocycles. The van der Waals surface area contributed by atoms with Crippen LogP contribution in [0.15, 0.2) is 39.6 Å². The Morgan fingerprint density at radius 2 is 2.11 bits per heavy atom. The number of aromatic nitrogens is 3. The fourth-order valence-corrected chi connectivity index (χ4v) is 2.38. The summed E-state index contributed by atoms with van der Waals surface area (Å²) < 4.78 is 0.915. The summed E-state index contributed by atoms with van der Waals surface area (Å²) >= 11 is 3.40. The molecule has 0 bridgehead atoms. The van der Waals surface area contributed by atoms with Crippen molar-refractivity contribution in [3.8, 4) is 17.2 Å². The summed E-state index contributed by atoms with van der Waals surface area (Å²) in [6, 6.07) is 11.0. The summed E-state index contributed by atoms with van der Waals surface area (Å²) in [4.78, 5) is 14.3. The first-order valence-electron chi connectivity index (χ1n) is 5.46. The van der Waals surface area contributed by atoms with Gasteiger partial charge < -0.3 is 4.98 Å². The molecule has 19 heavy (non-hydrogen) atoms. The van der Waals surface area contributed by atoms with Gasteiger partial charge in [0.1, 0.15) is 11.6 Å². The molecule has 0 fully saturated rings. The van der Waals surface area contributed by atoms with Gasteiger partial charge >= 0.3 is 0 Å². The van der Waals surface area contributed by atoms with Gasteiger partial charge in [-0.3, -0.25) is 9.89 Å². The van der Waals surface area contributed by atoms with Gasteiger partial charge in [0.05, 0.1) is 5.52 Å². The number of nitrogens with one attached hydrogen (secondary N) is 2. The number of hydrogen-bond donors (Lipinski definition) is 2. The number of nitriles is 1. The largest absolute Gasteiger partial charge is 0.318 e. The fraction of sp³-hybridized carbons (Fsp3) is 0. The van der Waals surface area contributed by atoms with Crippen LogP contribution in [0.1, 0.15) is 5.69 Å². The molecular weight excluding hydrogens is 308 g/mol. The normalized spacial score (nSPS) is 10.5. The molecule has 0 spiro atoms. The minimum absolute atomic E-state index is 0.184. The van der Waals surface area contributed by atoms with Gasteiger partial charge in [-0.2, -0.15) is 10.4 Å². The van der Waals surface area contributed by atoms with Crippen LogP contribution >= 0.6 is 15.9 Å². The third-order valence-corrected chi connectivity index (χ3v) is 3.29. The molecular formula is C13H7BrN4O. The average molecular weight is 315 g/mol. The van der Waals surface area contributed by atoms with Crippen molar-refractivity contribution in [1.29, 1.82) is 5.26 Å². The molecule has 0 unspecified atom stereocenters. The van der Waals surface area contributed by atoms with Crippen molar-refractivity contribution in [2.45, 2.75) is 0 Å². The molecule has 3 aromatic rings. The Hall–Kier alpha value is -2.39. The minimum atomic E-state index is -0.264. The van der Waals surface area contributed by atoms with E-state index in [1.807, 2.05) is 30.3 Å². The first-order chi connectivity index (χ1) is 9.19. The number of hydrogen-bond acceptors (Lipinski definition) is 3. The van der Waals surface area contributed by atoms with Crippen LogP contribution in [0.5, 0.6) is 0 Å². The average Bonchev–Trinajstić information content (AvgIpc) is 2.80. The van der Waals surface area contributed by atoms with Crippen LogP contribution in [-0.4, -0.2) is 15.2 Å². The molecule has 2 aromatic heterocycles. The van der Waals surface area contributed by atoms with E-state index >= 15 is 0 Å². The Bertz CT molecular complexity index is 872. The summed E-state index contributed by atoms with van der Waals surface area (Å²) in [6.45, 7) is 0. The molecule has 92 valence electrons. The zero-order chi connectivity index (χ0) is 13.4. The van der Waals surface area contributed by atoms with E-state index in [0.29, 0.717) is 16.6 Å². The Labute approximate surface area is 116 Å². The van der Waals surface area contributed by atoms with Crippen LogP contribution in [-0.2, 0) is 0 Å². The van der Waals surface area contributed by atoms with E-state index < -0.39 is 0 Å². The molecule has 1 aromatic carbocycles. The monoisotopic (exact) mass is 314 g/mol. The molecule has 0 amide bonds. The van der Waals surface area contributed by atoms with Crippen molar-refractivity contribution >= 4 is 27.0 Å². The quantitative estimate of drug-likeness (QED) is 0.723. The molecule has 0 aliphatic rings.